The van der Waals surface area contributed by atoms with Gasteiger partial charge in [-0.25, -0.2) is 4.79 Å². The molecule has 0 bridgehead atoms. The van der Waals surface area contributed by atoms with Gasteiger partial charge in [-0.1, -0.05) is 120 Å². The summed E-state index contributed by atoms with van der Waals surface area (Å²) in [4.78, 5) is 26.8. The van der Waals surface area contributed by atoms with E-state index < -0.39 is 11.9 Å². The molecule has 0 unspecified atom stereocenters. The summed E-state index contributed by atoms with van der Waals surface area (Å²) < 4.78 is 0. The molecule has 0 spiro atoms. The number of carboxylic acids is 1. The zero-order chi connectivity index (χ0) is 28.6. The zero-order valence-corrected chi connectivity index (χ0v) is 27.8. The van der Waals surface area contributed by atoms with Gasteiger partial charge in [0.1, 0.15) is 0 Å². The Kier molecular flexibility index (Phi) is 7.59. The minimum atomic E-state index is -1.07. The van der Waals surface area contributed by atoms with Gasteiger partial charge in [0.15, 0.2) is 0 Å². The maximum atomic E-state index is 14.3. The number of carboxylic acid groups (broad SMARTS) is 1. The normalized spacial score (nSPS) is 12.2. The first kappa shape index (κ1) is 29.7. The smallest absolute Gasteiger partial charge is 0.622 e. The fraction of sp³-hybridized carbons (Fsp3) is 0.222. The average molecular weight is 566 g/mol. The molecular weight excluding hydrogens is 533 g/mol. The van der Waals surface area contributed by atoms with Gasteiger partial charge in [0.05, 0.1) is 11.5 Å². The average Bonchev–Trinajstić information content (AvgIpc) is 2.89. The molecule has 1 amide bonds. The number of hydrogen-bond donors (Lipinski definition) is 1. The molecule has 200 valence electrons. The largest absolute Gasteiger partial charge is 1.00 e. The Labute approximate surface area is 282 Å². The molecule has 6 aromatic rings. The van der Waals surface area contributed by atoms with Crippen LogP contribution >= 0.6 is 0 Å². The van der Waals surface area contributed by atoms with Crippen molar-refractivity contribution in [3.8, 4) is 0 Å². The molecule has 6 rings (SSSR count). The number of hydrogen-bond acceptors (Lipinski definition) is 2. The van der Waals surface area contributed by atoms with Gasteiger partial charge in [0.25, 0.3) is 0 Å². The summed E-state index contributed by atoms with van der Waals surface area (Å²) in [6.07, 6.45) is 0. The van der Waals surface area contributed by atoms with Crippen LogP contribution in [0.4, 0.5) is 5.69 Å². The third-order valence-corrected chi connectivity index (χ3v) is 7.98. The van der Waals surface area contributed by atoms with E-state index in [0.717, 1.165) is 48.8 Å². The van der Waals surface area contributed by atoms with Crippen LogP contribution in [0.5, 0.6) is 0 Å². The third-order valence-electron chi connectivity index (χ3n) is 7.98. The van der Waals surface area contributed by atoms with Crippen LogP contribution in [0, 0.1) is 0 Å². The van der Waals surface area contributed by atoms with E-state index in [2.05, 4.69) is 71.9 Å². The van der Waals surface area contributed by atoms with Gasteiger partial charge >= 0.3 is 57.4 Å². The van der Waals surface area contributed by atoms with Crippen LogP contribution in [0.3, 0.4) is 0 Å². The number of carbonyl (C=O) groups excluding carboxylic acids is 1. The SMILES string of the molecule is CC(C)(C)c1ccc(C(C)(C)C)c([N-]C(=O)c2cc(C(=O)O)c3cccc4c5cccc6cccc(c2c34)c65)c1.[K+]. The zero-order valence-electron chi connectivity index (χ0n) is 24.7. The summed E-state index contributed by atoms with van der Waals surface area (Å²) in [6, 6.07) is 25.7. The molecule has 0 fully saturated rings. The Bertz CT molecular complexity index is 1990. The number of rotatable bonds is 3. The molecule has 0 saturated heterocycles. The molecule has 41 heavy (non-hydrogen) atoms. The van der Waals surface area contributed by atoms with E-state index in [9.17, 15) is 14.7 Å². The number of benzene rings is 6. The number of carbonyl (C=O) groups is 2. The van der Waals surface area contributed by atoms with E-state index in [1.807, 2.05) is 42.5 Å². The summed E-state index contributed by atoms with van der Waals surface area (Å²) >= 11 is 0. The van der Waals surface area contributed by atoms with Crippen molar-refractivity contribution in [1.82, 2.24) is 0 Å². The molecule has 0 atom stereocenters. The fourth-order valence-electron chi connectivity index (χ4n) is 5.99. The Balaban J connectivity index is 0.00000337. The van der Waals surface area contributed by atoms with E-state index in [-0.39, 0.29) is 67.8 Å². The first-order chi connectivity index (χ1) is 18.9. The van der Waals surface area contributed by atoms with Gasteiger partial charge < -0.3 is 15.2 Å². The van der Waals surface area contributed by atoms with Gasteiger partial charge in [0, 0.05) is 10.9 Å². The van der Waals surface area contributed by atoms with Crippen LogP contribution in [0.15, 0.2) is 78.9 Å². The summed E-state index contributed by atoms with van der Waals surface area (Å²) in [5.41, 5.74) is 2.72. The summed E-state index contributed by atoms with van der Waals surface area (Å²) in [6.45, 7) is 12.7. The van der Waals surface area contributed by atoms with Crippen LogP contribution in [-0.4, -0.2) is 17.0 Å². The first-order valence-electron chi connectivity index (χ1n) is 13.6. The maximum Gasteiger partial charge on any atom is 1.00 e. The summed E-state index contributed by atoms with van der Waals surface area (Å²) in [5, 5.41) is 22.1. The molecule has 0 radical (unpaired) electrons. The minimum absolute atomic E-state index is 0. The fourth-order valence-corrected chi connectivity index (χ4v) is 5.99. The standard InChI is InChI=1S/C36H33NO3.K/c1-35(2,3)21-16-17-28(36(4,5)6)29(18-21)37-33(38)27-19-26(34(39)40)24-14-9-13-23-22-12-7-10-20-11-8-15-25(30(20)22)32(27)31(23)24;/h7-19H,1-6H3,(H2,37,38,39,40);/q;+1/p-1. The van der Waals surface area contributed by atoms with Crippen molar-refractivity contribution < 1.29 is 66.1 Å². The number of aromatic carboxylic acids is 1. The Morgan fingerprint density at radius 1 is 0.634 bits per heavy atom. The van der Waals surface area contributed by atoms with Gasteiger partial charge in [-0.15, -0.1) is 5.69 Å². The Morgan fingerprint density at radius 3 is 1.83 bits per heavy atom. The Hall–Kier alpha value is -2.80. The quantitative estimate of drug-likeness (QED) is 0.145. The second-order valence-electron chi connectivity index (χ2n) is 12.7. The molecule has 0 aliphatic rings. The van der Waals surface area contributed by atoms with Crippen LogP contribution in [0.2, 0.25) is 0 Å². The number of nitrogens with zero attached hydrogens (tertiary/aromatic N) is 1. The minimum Gasteiger partial charge on any atom is -0.622 e. The first-order valence-corrected chi connectivity index (χ1v) is 13.6. The molecule has 0 aliphatic carbocycles. The van der Waals surface area contributed by atoms with Gasteiger partial charge in [-0.05, 0) is 60.2 Å². The van der Waals surface area contributed by atoms with Crippen LogP contribution in [0.1, 0.15) is 73.4 Å². The Morgan fingerprint density at radius 2 is 1.22 bits per heavy atom. The van der Waals surface area contributed by atoms with E-state index >= 15 is 0 Å². The molecule has 1 N–H and O–H groups in total. The van der Waals surface area contributed by atoms with Gasteiger partial charge in [-0.2, -0.15) is 0 Å². The second-order valence-corrected chi connectivity index (χ2v) is 12.7. The van der Waals surface area contributed by atoms with Crippen molar-refractivity contribution in [2.45, 2.75) is 52.4 Å². The van der Waals surface area contributed by atoms with Crippen LogP contribution in [-0.2, 0) is 10.8 Å². The topological polar surface area (TPSA) is 68.5 Å². The van der Waals surface area contributed by atoms with Crippen molar-refractivity contribution >= 4 is 60.7 Å². The number of fused-ring (bicyclic) bond motifs is 2. The van der Waals surface area contributed by atoms with Crippen molar-refractivity contribution in [2.24, 2.45) is 0 Å². The van der Waals surface area contributed by atoms with E-state index in [1.165, 1.54) is 6.07 Å². The van der Waals surface area contributed by atoms with E-state index in [1.54, 1.807) is 0 Å². The summed E-state index contributed by atoms with van der Waals surface area (Å²) in [5.74, 6) is -1.51. The monoisotopic (exact) mass is 565 g/mol. The molecular formula is C36H32KNO3. The third kappa shape index (κ3) is 4.98. The maximum absolute atomic E-state index is 14.3. The van der Waals surface area contributed by atoms with Crippen molar-refractivity contribution in [3.05, 3.63) is 106 Å². The van der Waals surface area contributed by atoms with Crippen LogP contribution in [0.25, 0.3) is 48.4 Å². The van der Waals surface area contributed by atoms with Crippen molar-refractivity contribution in [3.63, 3.8) is 0 Å². The summed E-state index contributed by atoms with van der Waals surface area (Å²) in [7, 11) is 0. The molecule has 0 heterocycles. The predicted octanol–water partition coefficient (Wildman–Crippen LogP) is 6.88. The van der Waals surface area contributed by atoms with Gasteiger partial charge in [-0.3, -0.25) is 0 Å². The molecule has 0 saturated carbocycles. The van der Waals surface area contributed by atoms with Gasteiger partial charge in [0.2, 0.25) is 0 Å². The molecule has 6 aromatic carbocycles. The second kappa shape index (κ2) is 10.5. The van der Waals surface area contributed by atoms with E-state index in [0.29, 0.717) is 16.6 Å². The molecule has 4 nitrogen and oxygen atoms in total. The van der Waals surface area contributed by atoms with Crippen molar-refractivity contribution in [1.29, 1.82) is 0 Å². The molecule has 5 heteroatoms. The molecule has 0 aliphatic heterocycles. The predicted molar refractivity (Wildman–Crippen MR) is 166 cm³/mol. The number of amides is 1. The molecule has 0 aromatic heterocycles. The van der Waals surface area contributed by atoms with Crippen molar-refractivity contribution in [2.75, 3.05) is 0 Å². The van der Waals surface area contributed by atoms with Crippen LogP contribution < -0.4 is 51.4 Å². The van der Waals surface area contributed by atoms with E-state index in [4.69, 9.17) is 5.32 Å².